The molecular weight excluding hydrogens is 244 g/mol. The number of fused-ring (bicyclic) bond motifs is 2. The molecule has 1 aromatic carbocycles. The van der Waals surface area contributed by atoms with Crippen LogP contribution in [0.4, 0.5) is 0 Å². The quantitative estimate of drug-likeness (QED) is 0.566. The monoisotopic (exact) mass is 252 g/mol. The molecular formula is C13H8N4S. The van der Waals surface area contributed by atoms with Crippen LogP contribution in [0.3, 0.4) is 0 Å². The molecule has 4 nitrogen and oxygen atoms in total. The first-order valence-electron chi connectivity index (χ1n) is 5.52. The number of benzene rings is 1. The summed E-state index contributed by atoms with van der Waals surface area (Å²) in [7, 11) is 0. The molecule has 5 heteroatoms. The summed E-state index contributed by atoms with van der Waals surface area (Å²) in [4.78, 5) is 9.11. The molecule has 0 saturated heterocycles. The molecule has 4 aromatic rings. The second-order valence-electron chi connectivity index (χ2n) is 4.07. The van der Waals surface area contributed by atoms with Crippen molar-refractivity contribution in [2.24, 2.45) is 0 Å². The van der Waals surface area contributed by atoms with Gasteiger partial charge in [0.1, 0.15) is 0 Å². The van der Waals surface area contributed by atoms with Crippen LogP contribution in [0.1, 0.15) is 0 Å². The fraction of sp³-hybridized carbons (Fsp3) is 0. The van der Waals surface area contributed by atoms with Gasteiger partial charge in [-0.25, -0.2) is 4.98 Å². The van der Waals surface area contributed by atoms with Gasteiger partial charge in [-0.2, -0.15) is 16.4 Å². The maximum atomic E-state index is 4.65. The average molecular weight is 252 g/mol. The number of nitrogens with zero attached hydrogens (tertiary/aromatic N) is 3. The molecule has 0 fully saturated rings. The minimum absolute atomic E-state index is 0.880. The van der Waals surface area contributed by atoms with E-state index in [9.17, 15) is 0 Å². The van der Waals surface area contributed by atoms with Gasteiger partial charge in [0, 0.05) is 16.3 Å². The second-order valence-corrected chi connectivity index (χ2v) is 4.85. The van der Waals surface area contributed by atoms with Crippen LogP contribution in [-0.4, -0.2) is 20.2 Å². The maximum absolute atomic E-state index is 4.65. The van der Waals surface area contributed by atoms with Crippen LogP contribution >= 0.6 is 11.3 Å². The highest BCUT2D eigenvalue weighted by Crippen LogP contribution is 2.23. The fourth-order valence-electron chi connectivity index (χ4n) is 2.00. The molecule has 0 bridgehead atoms. The van der Waals surface area contributed by atoms with E-state index in [2.05, 4.69) is 31.6 Å². The molecule has 0 amide bonds. The van der Waals surface area contributed by atoms with E-state index in [4.69, 9.17) is 0 Å². The highest BCUT2D eigenvalue weighted by Gasteiger charge is 2.05. The predicted molar refractivity (Wildman–Crippen MR) is 72.5 cm³/mol. The summed E-state index contributed by atoms with van der Waals surface area (Å²) in [6.07, 6.45) is 3.61. The van der Waals surface area contributed by atoms with E-state index < -0.39 is 0 Å². The Morgan fingerprint density at radius 3 is 3.00 bits per heavy atom. The Labute approximate surface area is 106 Å². The number of H-pyrrole nitrogens is 1. The molecule has 0 saturated carbocycles. The first-order valence-corrected chi connectivity index (χ1v) is 6.47. The van der Waals surface area contributed by atoms with Crippen LogP contribution in [0.5, 0.6) is 0 Å². The SMILES string of the molecule is c1cc(-c2cnc3cc4[nH]ncc4cc3n2)cs1. The van der Waals surface area contributed by atoms with Gasteiger partial charge in [-0.1, -0.05) is 0 Å². The van der Waals surface area contributed by atoms with Crippen LogP contribution in [-0.2, 0) is 0 Å². The van der Waals surface area contributed by atoms with Crippen molar-refractivity contribution in [3.63, 3.8) is 0 Å². The Morgan fingerprint density at radius 1 is 1.11 bits per heavy atom. The third-order valence-electron chi connectivity index (χ3n) is 2.92. The van der Waals surface area contributed by atoms with Gasteiger partial charge in [0.2, 0.25) is 0 Å². The lowest BCUT2D eigenvalue weighted by Crippen LogP contribution is -1.87. The number of hydrogen-bond donors (Lipinski definition) is 1. The van der Waals surface area contributed by atoms with Gasteiger partial charge in [-0.3, -0.25) is 10.1 Å². The lowest BCUT2D eigenvalue weighted by Gasteiger charge is -2.00. The molecule has 0 aliphatic rings. The molecule has 0 unspecified atom stereocenters. The van der Waals surface area contributed by atoms with E-state index in [0.29, 0.717) is 0 Å². The number of aromatic nitrogens is 4. The molecule has 18 heavy (non-hydrogen) atoms. The summed E-state index contributed by atoms with van der Waals surface area (Å²) in [6.45, 7) is 0. The number of thiophene rings is 1. The molecule has 0 radical (unpaired) electrons. The highest BCUT2D eigenvalue weighted by atomic mass is 32.1. The number of rotatable bonds is 1. The summed E-state index contributed by atoms with van der Waals surface area (Å²) in [5.74, 6) is 0. The van der Waals surface area contributed by atoms with E-state index in [-0.39, 0.29) is 0 Å². The van der Waals surface area contributed by atoms with Crippen LogP contribution in [0.25, 0.3) is 33.2 Å². The van der Waals surface area contributed by atoms with Gasteiger partial charge < -0.3 is 0 Å². The minimum atomic E-state index is 0.880. The van der Waals surface area contributed by atoms with Crippen LogP contribution in [0.15, 0.2) is 41.4 Å². The zero-order chi connectivity index (χ0) is 11.9. The highest BCUT2D eigenvalue weighted by molar-refractivity contribution is 7.08. The van der Waals surface area contributed by atoms with E-state index in [1.165, 1.54) is 0 Å². The van der Waals surface area contributed by atoms with E-state index in [1.54, 1.807) is 17.5 Å². The Balaban J connectivity index is 2.01. The zero-order valence-electron chi connectivity index (χ0n) is 9.29. The Hall–Kier alpha value is -2.27. The van der Waals surface area contributed by atoms with Crippen LogP contribution < -0.4 is 0 Å². The van der Waals surface area contributed by atoms with Crippen molar-refractivity contribution < 1.29 is 0 Å². The molecule has 86 valence electrons. The number of nitrogens with one attached hydrogen (secondary N) is 1. The third kappa shape index (κ3) is 1.41. The van der Waals surface area contributed by atoms with Gasteiger partial charge in [0.15, 0.2) is 0 Å². The summed E-state index contributed by atoms with van der Waals surface area (Å²) >= 11 is 1.66. The van der Waals surface area contributed by atoms with E-state index in [1.807, 2.05) is 23.7 Å². The van der Waals surface area contributed by atoms with Crippen molar-refractivity contribution in [2.75, 3.05) is 0 Å². The molecule has 3 aromatic heterocycles. The van der Waals surface area contributed by atoms with Crippen molar-refractivity contribution in [3.8, 4) is 11.3 Å². The number of aromatic amines is 1. The van der Waals surface area contributed by atoms with Gasteiger partial charge in [0.05, 0.1) is 34.6 Å². The number of hydrogen-bond acceptors (Lipinski definition) is 4. The van der Waals surface area contributed by atoms with Crippen molar-refractivity contribution in [1.82, 2.24) is 20.2 Å². The van der Waals surface area contributed by atoms with E-state index >= 15 is 0 Å². The molecule has 4 rings (SSSR count). The summed E-state index contributed by atoms with van der Waals surface area (Å²) in [5, 5.41) is 12.1. The summed E-state index contributed by atoms with van der Waals surface area (Å²) in [5.41, 5.74) is 4.78. The lowest BCUT2D eigenvalue weighted by molar-refractivity contribution is 1.12. The maximum Gasteiger partial charge on any atom is 0.0909 e. The fourth-order valence-corrected chi connectivity index (χ4v) is 2.65. The first kappa shape index (κ1) is 9.73. The van der Waals surface area contributed by atoms with Crippen molar-refractivity contribution in [2.45, 2.75) is 0 Å². The first-order chi connectivity index (χ1) is 8.90. The largest absolute Gasteiger partial charge is 0.278 e. The summed E-state index contributed by atoms with van der Waals surface area (Å²) < 4.78 is 0. The van der Waals surface area contributed by atoms with Crippen LogP contribution in [0.2, 0.25) is 0 Å². The van der Waals surface area contributed by atoms with Gasteiger partial charge in [0.25, 0.3) is 0 Å². The molecule has 0 spiro atoms. The smallest absolute Gasteiger partial charge is 0.0909 e. The topological polar surface area (TPSA) is 54.5 Å². The lowest BCUT2D eigenvalue weighted by atomic mass is 10.2. The molecule has 0 aliphatic heterocycles. The average Bonchev–Trinajstić information content (AvgIpc) is 3.06. The standard InChI is InChI=1S/C13H8N4S/c1-2-18-7-8(1)13-6-14-11-4-10-9(5-15-17-10)3-12(11)16-13/h1-7H,(H,15,17). The molecule has 0 atom stereocenters. The van der Waals surface area contributed by atoms with Crippen molar-refractivity contribution in [1.29, 1.82) is 0 Å². The van der Waals surface area contributed by atoms with Crippen LogP contribution in [0, 0.1) is 0 Å². The van der Waals surface area contributed by atoms with Crippen molar-refractivity contribution in [3.05, 3.63) is 41.4 Å². The zero-order valence-corrected chi connectivity index (χ0v) is 10.1. The Morgan fingerprint density at radius 2 is 2.11 bits per heavy atom. The predicted octanol–water partition coefficient (Wildman–Crippen LogP) is 3.23. The van der Waals surface area contributed by atoms with E-state index in [0.717, 1.165) is 33.2 Å². The minimum Gasteiger partial charge on any atom is -0.278 e. The summed E-state index contributed by atoms with van der Waals surface area (Å²) in [6, 6.07) is 6.04. The second kappa shape index (κ2) is 3.61. The van der Waals surface area contributed by atoms with Gasteiger partial charge in [-0.05, 0) is 23.6 Å². The van der Waals surface area contributed by atoms with Gasteiger partial charge in [-0.15, -0.1) is 0 Å². The Bertz CT molecular complexity index is 833. The molecule has 0 aliphatic carbocycles. The normalized spacial score (nSPS) is 11.3. The Kier molecular flexibility index (Phi) is 1.95. The van der Waals surface area contributed by atoms with Crippen molar-refractivity contribution >= 4 is 33.3 Å². The molecule has 1 N–H and O–H groups in total. The molecule has 3 heterocycles. The van der Waals surface area contributed by atoms with Gasteiger partial charge >= 0.3 is 0 Å². The third-order valence-corrected chi connectivity index (χ3v) is 3.60.